The van der Waals surface area contributed by atoms with Crippen LogP contribution in [0.2, 0.25) is 0 Å². The molecule has 0 bridgehead atoms. The molecule has 1 heterocycles. The molecule has 2 rings (SSSR count). The maximum Gasteiger partial charge on any atom is 0.121 e. The van der Waals surface area contributed by atoms with Crippen molar-refractivity contribution in [1.82, 2.24) is 5.32 Å². The molecule has 1 aliphatic heterocycles. The van der Waals surface area contributed by atoms with Crippen molar-refractivity contribution in [1.29, 1.82) is 0 Å². The van der Waals surface area contributed by atoms with Crippen LogP contribution in [0.1, 0.15) is 24.8 Å². The average molecular weight is 248 g/mol. The number of hydrogen-bond donors (Lipinski definition) is 2. The van der Waals surface area contributed by atoms with E-state index >= 15 is 0 Å². The second-order valence-corrected chi connectivity index (χ2v) is 5.09. The molecule has 3 heteroatoms. The van der Waals surface area contributed by atoms with Crippen molar-refractivity contribution < 1.29 is 4.74 Å². The zero-order valence-electron chi connectivity index (χ0n) is 11.5. The zero-order valence-corrected chi connectivity index (χ0v) is 11.5. The van der Waals surface area contributed by atoms with Gasteiger partial charge in [-0.3, -0.25) is 0 Å². The molecule has 0 atom stereocenters. The maximum absolute atomic E-state index is 5.26. The van der Waals surface area contributed by atoms with E-state index in [-0.39, 0.29) is 0 Å². The number of ether oxygens (including phenoxy) is 1. The topological polar surface area (TPSA) is 33.3 Å². The second-order valence-electron chi connectivity index (χ2n) is 5.09. The molecule has 3 nitrogen and oxygen atoms in total. The number of benzene rings is 1. The van der Waals surface area contributed by atoms with Crippen LogP contribution in [0.5, 0.6) is 5.75 Å². The van der Waals surface area contributed by atoms with Crippen LogP contribution in [0, 0.1) is 12.8 Å². The number of piperidine rings is 1. The summed E-state index contributed by atoms with van der Waals surface area (Å²) in [5, 5.41) is 6.92. The lowest BCUT2D eigenvalue weighted by molar-refractivity contribution is 0.361. The number of nitrogens with one attached hydrogen (secondary N) is 2. The van der Waals surface area contributed by atoms with Crippen molar-refractivity contribution in [2.75, 3.05) is 32.1 Å². The van der Waals surface area contributed by atoms with Gasteiger partial charge >= 0.3 is 0 Å². The standard InChI is InChI=1S/C15H24N2O/c1-12-11-14(3-4-15(12)18-2)17-10-7-13-5-8-16-9-6-13/h3-4,11,13,16-17H,5-10H2,1-2H3. The fourth-order valence-corrected chi connectivity index (χ4v) is 2.58. The van der Waals surface area contributed by atoms with Crippen molar-refractivity contribution >= 4 is 5.69 Å². The predicted molar refractivity (Wildman–Crippen MR) is 76.4 cm³/mol. The summed E-state index contributed by atoms with van der Waals surface area (Å²) < 4.78 is 5.26. The zero-order chi connectivity index (χ0) is 12.8. The molecule has 0 spiro atoms. The fourth-order valence-electron chi connectivity index (χ4n) is 2.58. The van der Waals surface area contributed by atoms with E-state index in [1.54, 1.807) is 7.11 Å². The van der Waals surface area contributed by atoms with E-state index in [2.05, 4.69) is 29.7 Å². The summed E-state index contributed by atoms with van der Waals surface area (Å²) in [6.07, 6.45) is 3.92. The van der Waals surface area contributed by atoms with Crippen LogP contribution in [-0.4, -0.2) is 26.7 Å². The van der Waals surface area contributed by atoms with Crippen LogP contribution in [0.15, 0.2) is 18.2 Å². The largest absolute Gasteiger partial charge is 0.496 e. The van der Waals surface area contributed by atoms with Gasteiger partial charge in [0.25, 0.3) is 0 Å². The Bertz CT molecular complexity index is 373. The molecule has 0 amide bonds. The Labute approximate surface area is 110 Å². The number of anilines is 1. The van der Waals surface area contributed by atoms with Crippen molar-refractivity contribution in [3.8, 4) is 5.75 Å². The van der Waals surface area contributed by atoms with E-state index in [9.17, 15) is 0 Å². The minimum Gasteiger partial charge on any atom is -0.496 e. The molecule has 100 valence electrons. The molecule has 2 N–H and O–H groups in total. The van der Waals surface area contributed by atoms with Crippen molar-refractivity contribution in [3.63, 3.8) is 0 Å². The molecule has 0 aliphatic carbocycles. The lowest BCUT2D eigenvalue weighted by atomic mass is 9.95. The van der Waals surface area contributed by atoms with Gasteiger partial charge in [-0.1, -0.05) is 0 Å². The van der Waals surface area contributed by atoms with E-state index in [0.29, 0.717) is 0 Å². The minimum absolute atomic E-state index is 0.887. The first-order chi connectivity index (χ1) is 8.79. The molecule has 0 aromatic heterocycles. The Morgan fingerprint density at radius 3 is 2.78 bits per heavy atom. The molecule has 1 aromatic rings. The molecule has 0 radical (unpaired) electrons. The van der Waals surface area contributed by atoms with Gasteiger partial charge in [-0.2, -0.15) is 0 Å². The Morgan fingerprint density at radius 1 is 1.33 bits per heavy atom. The van der Waals surface area contributed by atoms with Gasteiger partial charge in [-0.15, -0.1) is 0 Å². The summed E-state index contributed by atoms with van der Waals surface area (Å²) in [4.78, 5) is 0. The van der Waals surface area contributed by atoms with Crippen LogP contribution in [0.3, 0.4) is 0 Å². The van der Waals surface area contributed by atoms with Gasteiger partial charge in [0.2, 0.25) is 0 Å². The van der Waals surface area contributed by atoms with Crippen LogP contribution >= 0.6 is 0 Å². The molecule has 1 fully saturated rings. The van der Waals surface area contributed by atoms with Crippen molar-refractivity contribution in [2.45, 2.75) is 26.2 Å². The lowest BCUT2D eigenvalue weighted by Crippen LogP contribution is -2.28. The minimum atomic E-state index is 0.887. The van der Waals surface area contributed by atoms with E-state index in [0.717, 1.165) is 18.2 Å². The molecular formula is C15H24N2O. The van der Waals surface area contributed by atoms with Crippen LogP contribution in [-0.2, 0) is 0 Å². The summed E-state index contributed by atoms with van der Waals surface area (Å²) >= 11 is 0. The Kier molecular flexibility index (Phi) is 4.88. The predicted octanol–water partition coefficient (Wildman–Crippen LogP) is 2.81. The normalized spacial score (nSPS) is 16.6. The van der Waals surface area contributed by atoms with Gasteiger partial charge in [0.1, 0.15) is 5.75 Å². The number of rotatable bonds is 5. The summed E-state index contributed by atoms with van der Waals surface area (Å²) in [5.74, 6) is 1.84. The summed E-state index contributed by atoms with van der Waals surface area (Å²) in [5.41, 5.74) is 2.38. The summed E-state index contributed by atoms with van der Waals surface area (Å²) in [6, 6.07) is 6.28. The number of methoxy groups -OCH3 is 1. The van der Waals surface area contributed by atoms with E-state index in [1.165, 1.54) is 43.6 Å². The monoisotopic (exact) mass is 248 g/mol. The first-order valence-electron chi connectivity index (χ1n) is 6.89. The van der Waals surface area contributed by atoms with E-state index < -0.39 is 0 Å². The first kappa shape index (κ1) is 13.2. The number of hydrogen-bond acceptors (Lipinski definition) is 3. The quantitative estimate of drug-likeness (QED) is 0.840. The number of aryl methyl sites for hydroxylation is 1. The lowest BCUT2D eigenvalue weighted by Gasteiger charge is -2.22. The van der Waals surface area contributed by atoms with Gasteiger partial charge in [0, 0.05) is 12.2 Å². The smallest absolute Gasteiger partial charge is 0.121 e. The molecular weight excluding hydrogens is 224 g/mol. The van der Waals surface area contributed by atoms with Crippen LogP contribution < -0.4 is 15.4 Å². The molecule has 1 aromatic carbocycles. The van der Waals surface area contributed by atoms with Gasteiger partial charge in [-0.05, 0) is 69.0 Å². The Balaban J connectivity index is 1.77. The molecule has 0 unspecified atom stereocenters. The van der Waals surface area contributed by atoms with E-state index in [1.807, 2.05) is 6.07 Å². The highest BCUT2D eigenvalue weighted by atomic mass is 16.5. The fraction of sp³-hybridized carbons (Fsp3) is 0.600. The summed E-state index contributed by atoms with van der Waals surface area (Å²) in [7, 11) is 1.71. The van der Waals surface area contributed by atoms with Gasteiger partial charge < -0.3 is 15.4 Å². The highest BCUT2D eigenvalue weighted by Crippen LogP contribution is 2.22. The van der Waals surface area contributed by atoms with Crippen molar-refractivity contribution in [3.05, 3.63) is 23.8 Å². The molecule has 1 aliphatic rings. The van der Waals surface area contributed by atoms with Gasteiger partial charge in [0.05, 0.1) is 7.11 Å². The highest BCUT2D eigenvalue weighted by molar-refractivity contribution is 5.50. The van der Waals surface area contributed by atoms with Gasteiger partial charge in [-0.25, -0.2) is 0 Å². The molecule has 18 heavy (non-hydrogen) atoms. The summed E-state index contributed by atoms with van der Waals surface area (Å²) in [6.45, 7) is 5.52. The molecule has 1 saturated heterocycles. The second kappa shape index (κ2) is 6.64. The Morgan fingerprint density at radius 2 is 2.11 bits per heavy atom. The maximum atomic E-state index is 5.26. The third-order valence-corrected chi connectivity index (χ3v) is 3.74. The third-order valence-electron chi connectivity index (χ3n) is 3.74. The molecule has 0 saturated carbocycles. The first-order valence-corrected chi connectivity index (χ1v) is 6.89. The van der Waals surface area contributed by atoms with Crippen LogP contribution in [0.25, 0.3) is 0 Å². The van der Waals surface area contributed by atoms with Crippen LogP contribution in [0.4, 0.5) is 5.69 Å². The Hall–Kier alpha value is -1.22. The van der Waals surface area contributed by atoms with Crippen molar-refractivity contribution in [2.24, 2.45) is 5.92 Å². The van der Waals surface area contributed by atoms with E-state index in [4.69, 9.17) is 4.74 Å². The highest BCUT2D eigenvalue weighted by Gasteiger charge is 2.12. The van der Waals surface area contributed by atoms with Gasteiger partial charge in [0.15, 0.2) is 0 Å². The SMILES string of the molecule is COc1ccc(NCCC2CCNCC2)cc1C. The third kappa shape index (κ3) is 3.64. The average Bonchev–Trinajstić information content (AvgIpc) is 2.40.